The molecule has 0 unspecified atom stereocenters. The number of nitrogens with one attached hydrogen (secondary N) is 1. The van der Waals surface area contributed by atoms with Crippen LogP contribution < -0.4 is 5.32 Å². The lowest BCUT2D eigenvalue weighted by molar-refractivity contribution is -0.117. The van der Waals surface area contributed by atoms with Crippen molar-refractivity contribution >= 4 is 23.6 Å². The van der Waals surface area contributed by atoms with Crippen molar-refractivity contribution in [2.45, 2.75) is 13.0 Å². The summed E-state index contributed by atoms with van der Waals surface area (Å²) in [5.74, 6) is -0.900. The normalized spacial score (nSPS) is 12.7. The molecule has 2 N–H and O–H groups in total. The average molecular weight is 258 g/mol. The fourth-order valence-electron chi connectivity index (χ4n) is 1.17. The van der Waals surface area contributed by atoms with Gasteiger partial charge in [-0.1, -0.05) is 17.7 Å². The number of carbonyl (C=O) groups is 1. The number of aliphatic hydroxyl groups is 1. The third kappa shape index (κ3) is 4.17. The summed E-state index contributed by atoms with van der Waals surface area (Å²) >= 11 is 5.78. The van der Waals surface area contributed by atoms with Crippen molar-refractivity contribution in [1.29, 1.82) is 0 Å². The summed E-state index contributed by atoms with van der Waals surface area (Å²) < 4.78 is 13.3. The van der Waals surface area contributed by atoms with Crippen LogP contribution in [0.4, 0.5) is 4.39 Å². The van der Waals surface area contributed by atoms with Crippen LogP contribution in [0.25, 0.3) is 6.08 Å². The Kier molecular flexibility index (Phi) is 5.12. The molecule has 0 aromatic heterocycles. The number of halogens is 2. The maximum atomic E-state index is 13.3. The minimum Gasteiger partial charge on any atom is -0.394 e. The molecular formula is C12H13ClFNO2. The number of rotatable bonds is 4. The largest absolute Gasteiger partial charge is 0.394 e. The first-order valence-electron chi connectivity index (χ1n) is 5.08. The minimum absolute atomic E-state index is 0.153. The lowest BCUT2D eigenvalue weighted by atomic mass is 10.2. The van der Waals surface area contributed by atoms with Crippen molar-refractivity contribution in [3.63, 3.8) is 0 Å². The molecule has 0 spiro atoms. The maximum absolute atomic E-state index is 13.3. The highest BCUT2D eigenvalue weighted by atomic mass is 35.5. The third-order valence-corrected chi connectivity index (χ3v) is 2.39. The van der Waals surface area contributed by atoms with Gasteiger partial charge in [0.1, 0.15) is 5.82 Å². The Balaban J connectivity index is 2.74. The Hall–Kier alpha value is -1.39. The van der Waals surface area contributed by atoms with Crippen LogP contribution in [0.2, 0.25) is 5.02 Å². The van der Waals surface area contributed by atoms with Crippen molar-refractivity contribution in [3.05, 3.63) is 40.7 Å². The molecule has 1 rings (SSSR count). The van der Waals surface area contributed by atoms with Crippen LogP contribution in [0.3, 0.4) is 0 Å². The van der Waals surface area contributed by atoms with Crippen molar-refractivity contribution in [1.82, 2.24) is 5.32 Å². The number of aliphatic hydroxyl groups excluding tert-OH is 1. The van der Waals surface area contributed by atoms with Gasteiger partial charge < -0.3 is 10.4 Å². The van der Waals surface area contributed by atoms with E-state index < -0.39 is 11.7 Å². The van der Waals surface area contributed by atoms with Gasteiger partial charge in [-0.05, 0) is 25.1 Å². The zero-order valence-electron chi connectivity index (χ0n) is 9.28. The third-order valence-electron chi connectivity index (χ3n) is 2.06. The van der Waals surface area contributed by atoms with E-state index in [1.165, 1.54) is 24.3 Å². The summed E-state index contributed by atoms with van der Waals surface area (Å²) in [5.41, 5.74) is 0.168. The molecule has 1 aromatic rings. The Morgan fingerprint density at radius 2 is 2.35 bits per heavy atom. The number of amides is 1. The van der Waals surface area contributed by atoms with Crippen LogP contribution in [0.1, 0.15) is 12.5 Å². The Morgan fingerprint density at radius 3 is 2.94 bits per heavy atom. The van der Waals surface area contributed by atoms with E-state index in [1.807, 2.05) is 0 Å². The van der Waals surface area contributed by atoms with Crippen LogP contribution in [0, 0.1) is 5.82 Å². The van der Waals surface area contributed by atoms with Gasteiger partial charge in [0.2, 0.25) is 5.91 Å². The number of hydrogen-bond acceptors (Lipinski definition) is 2. The van der Waals surface area contributed by atoms with E-state index in [0.29, 0.717) is 0 Å². The zero-order valence-corrected chi connectivity index (χ0v) is 10.0. The van der Waals surface area contributed by atoms with Gasteiger partial charge in [0.15, 0.2) is 0 Å². The molecule has 0 radical (unpaired) electrons. The molecule has 0 fully saturated rings. The molecule has 92 valence electrons. The number of hydrogen-bond donors (Lipinski definition) is 2. The van der Waals surface area contributed by atoms with Crippen molar-refractivity contribution in [2.75, 3.05) is 6.61 Å². The molecule has 0 aliphatic carbocycles. The van der Waals surface area contributed by atoms with Crippen molar-refractivity contribution < 1.29 is 14.3 Å². The lowest BCUT2D eigenvalue weighted by Gasteiger charge is -2.07. The molecule has 3 nitrogen and oxygen atoms in total. The first-order valence-corrected chi connectivity index (χ1v) is 5.46. The molecule has 1 amide bonds. The van der Waals surface area contributed by atoms with Crippen LogP contribution in [-0.2, 0) is 4.79 Å². The van der Waals surface area contributed by atoms with Gasteiger partial charge in [-0.25, -0.2) is 4.39 Å². The average Bonchev–Trinajstić information content (AvgIpc) is 2.28. The Labute approximate surface area is 104 Å². The van der Waals surface area contributed by atoms with Gasteiger partial charge in [0.05, 0.1) is 11.6 Å². The van der Waals surface area contributed by atoms with Gasteiger partial charge in [-0.3, -0.25) is 4.79 Å². The molecule has 0 heterocycles. The highest BCUT2D eigenvalue weighted by molar-refractivity contribution is 6.32. The van der Waals surface area contributed by atoms with E-state index in [4.69, 9.17) is 16.7 Å². The molecule has 17 heavy (non-hydrogen) atoms. The summed E-state index contributed by atoms with van der Waals surface area (Å²) in [5, 5.41) is 11.5. The van der Waals surface area contributed by atoms with Gasteiger partial charge in [-0.15, -0.1) is 0 Å². The van der Waals surface area contributed by atoms with E-state index >= 15 is 0 Å². The molecule has 0 saturated carbocycles. The summed E-state index contributed by atoms with van der Waals surface area (Å²) in [6.45, 7) is 1.50. The quantitative estimate of drug-likeness (QED) is 0.811. The number of carbonyl (C=O) groups excluding carboxylic acids is 1. The van der Waals surface area contributed by atoms with Crippen LogP contribution in [-0.4, -0.2) is 23.7 Å². The van der Waals surface area contributed by atoms with E-state index in [1.54, 1.807) is 13.0 Å². The van der Waals surface area contributed by atoms with Crippen LogP contribution in [0.15, 0.2) is 24.3 Å². The fraction of sp³-hybridized carbons (Fsp3) is 0.250. The van der Waals surface area contributed by atoms with Crippen LogP contribution in [0.5, 0.6) is 0 Å². The summed E-state index contributed by atoms with van der Waals surface area (Å²) in [6.07, 6.45) is 2.48. The van der Waals surface area contributed by atoms with Crippen molar-refractivity contribution in [3.8, 4) is 0 Å². The van der Waals surface area contributed by atoms with Gasteiger partial charge in [0.25, 0.3) is 0 Å². The molecule has 1 atom stereocenters. The minimum atomic E-state index is -0.489. The Morgan fingerprint density at radius 1 is 1.65 bits per heavy atom. The van der Waals surface area contributed by atoms with Crippen molar-refractivity contribution in [2.24, 2.45) is 0 Å². The molecular weight excluding hydrogens is 245 g/mol. The second-order valence-corrected chi connectivity index (χ2v) is 3.97. The van der Waals surface area contributed by atoms with E-state index in [2.05, 4.69) is 5.32 Å². The lowest BCUT2D eigenvalue weighted by Crippen LogP contribution is -2.33. The molecule has 5 heteroatoms. The second kappa shape index (κ2) is 6.37. The highest BCUT2D eigenvalue weighted by Crippen LogP contribution is 2.20. The summed E-state index contributed by atoms with van der Waals surface area (Å²) in [7, 11) is 0. The summed E-state index contributed by atoms with van der Waals surface area (Å²) in [4.78, 5) is 11.3. The zero-order chi connectivity index (χ0) is 12.8. The topological polar surface area (TPSA) is 49.3 Å². The monoisotopic (exact) mass is 257 g/mol. The molecule has 0 saturated heterocycles. The molecule has 0 aliphatic heterocycles. The van der Waals surface area contributed by atoms with E-state index in [-0.39, 0.29) is 23.2 Å². The SMILES string of the molecule is C[C@@H](CO)NC(=O)/C=C/c1c(F)cccc1Cl. The fourth-order valence-corrected chi connectivity index (χ4v) is 1.39. The number of benzene rings is 1. The second-order valence-electron chi connectivity index (χ2n) is 3.56. The predicted molar refractivity (Wildman–Crippen MR) is 65.1 cm³/mol. The van der Waals surface area contributed by atoms with Crippen LogP contribution >= 0.6 is 11.6 Å². The van der Waals surface area contributed by atoms with E-state index in [0.717, 1.165) is 0 Å². The van der Waals surface area contributed by atoms with E-state index in [9.17, 15) is 9.18 Å². The predicted octanol–water partition coefficient (Wildman–Crippen LogP) is 1.99. The maximum Gasteiger partial charge on any atom is 0.244 e. The first kappa shape index (κ1) is 13.7. The molecule has 0 bridgehead atoms. The van der Waals surface area contributed by atoms with Gasteiger partial charge in [0, 0.05) is 17.7 Å². The Bertz CT molecular complexity index is 414. The molecule has 0 aliphatic rings. The van der Waals surface area contributed by atoms with Gasteiger partial charge >= 0.3 is 0 Å². The smallest absolute Gasteiger partial charge is 0.244 e. The summed E-state index contributed by atoms with van der Waals surface area (Å²) in [6, 6.07) is 3.95. The van der Waals surface area contributed by atoms with Gasteiger partial charge in [-0.2, -0.15) is 0 Å². The highest BCUT2D eigenvalue weighted by Gasteiger charge is 2.05. The standard InChI is InChI=1S/C12H13ClFNO2/c1-8(7-16)15-12(17)6-5-9-10(13)3-2-4-11(9)14/h2-6,8,16H,7H2,1H3,(H,15,17)/b6-5+/t8-/m0/s1. The molecule has 1 aromatic carbocycles. The first-order chi connectivity index (χ1) is 8.04.